The Hall–Kier alpha value is -3.93. The van der Waals surface area contributed by atoms with Crippen LogP contribution in [0.2, 0.25) is 0 Å². The van der Waals surface area contributed by atoms with E-state index in [2.05, 4.69) is 130 Å². The lowest BCUT2D eigenvalue weighted by molar-refractivity contribution is -0.167. The van der Waals surface area contributed by atoms with E-state index in [9.17, 15) is 14.4 Å². The second-order valence-corrected chi connectivity index (χ2v) is 19.9. The summed E-state index contributed by atoms with van der Waals surface area (Å²) >= 11 is 0. The van der Waals surface area contributed by atoms with Crippen molar-refractivity contribution in [3.63, 3.8) is 0 Å². The van der Waals surface area contributed by atoms with Crippen molar-refractivity contribution in [1.82, 2.24) is 0 Å². The monoisotopic (exact) mass is 1010 g/mol. The summed E-state index contributed by atoms with van der Waals surface area (Å²) in [5.41, 5.74) is 0. The van der Waals surface area contributed by atoms with Crippen LogP contribution in [0.4, 0.5) is 0 Å². The van der Waals surface area contributed by atoms with Crippen LogP contribution in [-0.2, 0) is 28.6 Å². The molecule has 0 spiro atoms. The molecule has 0 amide bonds. The maximum absolute atomic E-state index is 12.9. The molecule has 0 rings (SSSR count). The fourth-order valence-electron chi connectivity index (χ4n) is 8.22. The van der Waals surface area contributed by atoms with Crippen molar-refractivity contribution in [3.8, 4) is 0 Å². The summed E-state index contributed by atoms with van der Waals surface area (Å²) in [6, 6.07) is 0. The van der Waals surface area contributed by atoms with Gasteiger partial charge in [0.1, 0.15) is 13.2 Å². The van der Waals surface area contributed by atoms with E-state index in [0.717, 1.165) is 122 Å². The van der Waals surface area contributed by atoms with Crippen LogP contribution in [0.25, 0.3) is 0 Å². The normalized spacial score (nSPS) is 12.9. The molecule has 0 aromatic heterocycles. The Morgan fingerprint density at radius 2 is 0.534 bits per heavy atom. The molecule has 6 nitrogen and oxygen atoms in total. The lowest BCUT2D eigenvalue weighted by atomic mass is 10.0. The summed E-state index contributed by atoms with van der Waals surface area (Å²) in [6.45, 7) is 6.46. The van der Waals surface area contributed by atoms with Crippen LogP contribution in [0.3, 0.4) is 0 Å². The van der Waals surface area contributed by atoms with Gasteiger partial charge in [-0.25, -0.2) is 0 Å². The Morgan fingerprint density at radius 3 is 0.863 bits per heavy atom. The number of carbonyl (C=O) groups excluding carboxylic acids is 3. The zero-order chi connectivity index (χ0) is 52.9. The van der Waals surface area contributed by atoms with E-state index < -0.39 is 6.10 Å². The number of hydrogen-bond donors (Lipinski definition) is 0. The quantitative estimate of drug-likeness (QED) is 0.0261. The molecular weight excluding hydrogens is 901 g/mol. The minimum absolute atomic E-state index is 0.101. The predicted octanol–water partition coefficient (Wildman–Crippen LogP) is 20.7. The third kappa shape index (κ3) is 58.8. The van der Waals surface area contributed by atoms with E-state index in [1.807, 2.05) is 0 Å². The number of rotatable bonds is 54. The first kappa shape index (κ1) is 69.1. The van der Waals surface area contributed by atoms with E-state index >= 15 is 0 Å². The third-order valence-corrected chi connectivity index (χ3v) is 12.8. The topological polar surface area (TPSA) is 78.9 Å². The molecule has 0 fully saturated rings. The standard InChI is InChI=1S/C67H112O6/c1-4-7-10-13-16-19-22-25-28-31-33-36-39-42-45-48-51-54-57-60-66(69)72-63-64(62-71-65(68)59-56-53-50-47-44-41-38-35-30-27-24-21-18-15-12-9-6-3)73-67(70)61-58-55-52-49-46-43-40-37-34-32-29-26-23-20-17-14-11-8-5-2/h7,10,16-17,19-20,25-26,28-29,33-34,36-37,42-43,45-46,64H,4-6,8-9,11-15,18,21-24,27,30-32,35,38-41,44,47-63H2,1-3H3/b10-7-,19-16-,20-17-,28-25-,29-26-,36-33-,37-34-,45-42-,46-43-/t64-/m0/s1. The highest BCUT2D eigenvalue weighted by Gasteiger charge is 2.19. The van der Waals surface area contributed by atoms with Gasteiger partial charge in [-0.2, -0.15) is 0 Å². The smallest absolute Gasteiger partial charge is 0.306 e. The summed E-state index contributed by atoms with van der Waals surface area (Å²) in [6.07, 6.45) is 82.2. The van der Waals surface area contributed by atoms with E-state index in [0.29, 0.717) is 12.8 Å². The summed E-state index contributed by atoms with van der Waals surface area (Å²) in [4.78, 5) is 38.3. The molecule has 0 aromatic rings. The summed E-state index contributed by atoms with van der Waals surface area (Å²) in [7, 11) is 0. The first-order valence-corrected chi connectivity index (χ1v) is 30.4. The first-order chi connectivity index (χ1) is 36.0. The Labute approximate surface area is 450 Å². The molecule has 416 valence electrons. The summed E-state index contributed by atoms with van der Waals surface area (Å²) in [5.74, 6) is -0.960. The number of carbonyl (C=O) groups is 3. The number of ether oxygens (including phenoxy) is 3. The molecule has 0 aliphatic rings. The van der Waals surface area contributed by atoms with Crippen molar-refractivity contribution in [1.29, 1.82) is 0 Å². The van der Waals surface area contributed by atoms with E-state index in [4.69, 9.17) is 14.2 Å². The highest BCUT2D eigenvalue weighted by atomic mass is 16.6. The molecule has 0 heterocycles. The van der Waals surface area contributed by atoms with Crippen molar-refractivity contribution < 1.29 is 28.6 Å². The molecule has 73 heavy (non-hydrogen) atoms. The molecular formula is C67H112O6. The van der Waals surface area contributed by atoms with Crippen LogP contribution in [0.15, 0.2) is 109 Å². The SMILES string of the molecule is CC/C=C\C/C=C\C/C=C\C/C=C\C/C=C\CCCCCC(=O)OC[C@H](COC(=O)CCCCCCCCCCCCCCCCCCC)OC(=O)CCCCC/C=C\C/C=C\C/C=C\C/C=C\CCCCC. The zero-order valence-electron chi connectivity index (χ0n) is 47.6. The van der Waals surface area contributed by atoms with Crippen molar-refractivity contribution in [2.24, 2.45) is 0 Å². The lowest BCUT2D eigenvalue weighted by Gasteiger charge is -2.18. The van der Waals surface area contributed by atoms with Crippen molar-refractivity contribution in [2.75, 3.05) is 13.2 Å². The van der Waals surface area contributed by atoms with Crippen molar-refractivity contribution in [2.45, 2.75) is 284 Å². The minimum atomic E-state index is -0.810. The molecule has 0 aliphatic carbocycles. The Kier molecular flexibility index (Phi) is 57.4. The summed E-state index contributed by atoms with van der Waals surface area (Å²) in [5, 5.41) is 0. The van der Waals surface area contributed by atoms with Crippen molar-refractivity contribution in [3.05, 3.63) is 109 Å². The van der Waals surface area contributed by atoms with Crippen LogP contribution in [-0.4, -0.2) is 37.2 Å². The second kappa shape index (κ2) is 60.6. The van der Waals surface area contributed by atoms with Crippen LogP contribution in [0, 0.1) is 0 Å². The fourth-order valence-corrected chi connectivity index (χ4v) is 8.22. The molecule has 0 saturated carbocycles. The van der Waals surface area contributed by atoms with E-state index in [1.165, 1.54) is 116 Å². The van der Waals surface area contributed by atoms with E-state index in [1.54, 1.807) is 0 Å². The largest absolute Gasteiger partial charge is 0.462 e. The zero-order valence-corrected chi connectivity index (χ0v) is 47.6. The van der Waals surface area contributed by atoms with Gasteiger partial charge < -0.3 is 14.2 Å². The number of allylic oxidation sites excluding steroid dienone is 18. The molecule has 0 N–H and O–H groups in total. The molecule has 6 heteroatoms. The van der Waals surface area contributed by atoms with Crippen LogP contribution in [0.1, 0.15) is 278 Å². The van der Waals surface area contributed by atoms with Gasteiger partial charge in [0, 0.05) is 19.3 Å². The van der Waals surface area contributed by atoms with Gasteiger partial charge in [-0.1, -0.05) is 259 Å². The Balaban J connectivity index is 4.51. The lowest BCUT2D eigenvalue weighted by Crippen LogP contribution is -2.30. The van der Waals surface area contributed by atoms with Crippen LogP contribution in [0.5, 0.6) is 0 Å². The van der Waals surface area contributed by atoms with Gasteiger partial charge in [-0.3, -0.25) is 14.4 Å². The van der Waals surface area contributed by atoms with Gasteiger partial charge in [0.25, 0.3) is 0 Å². The van der Waals surface area contributed by atoms with Gasteiger partial charge in [0.2, 0.25) is 0 Å². The Morgan fingerprint density at radius 1 is 0.288 bits per heavy atom. The van der Waals surface area contributed by atoms with Gasteiger partial charge in [0.05, 0.1) is 0 Å². The van der Waals surface area contributed by atoms with Gasteiger partial charge in [0.15, 0.2) is 6.10 Å². The molecule has 0 bridgehead atoms. The van der Waals surface area contributed by atoms with Gasteiger partial charge in [-0.05, 0) is 109 Å². The summed E-state index contributed by atoms with van der Waals surface area (Å²) < 4.78 is 16.9. The molecule has 0 aromatic carbocycles. The van der Waals surface area contributed by atoms with Crippen molar-refractivity contribution >= 4 is 17.9 Å². The predicted molar refractivity (Wildman–Crippen MR) is 316 cm³/mol. The Bertz CT molecular complexity index is 1490. The highest BCUT2D eigenvalue weighted by Crippen LogP contribution is 2.16. The molecule has 0 unspecified atom stereocenters. The van der Waals surface area contributed by atoms with Gasteiger partial charge >= 0.3 is 17.9 Å². The minimum Gasteiger partial charge on any atom is -0.462 e. The molecule has 0 saturated heterocycles. The number of hydrogen-bond acceptors (Lipinski definition) is 6. The molecule has 1 atom stereocenters. The number of esters is 3. The second-order valence-electron chi connectivity index (χ2n) is 19.9. The van der Waals surface area contributed by atoms with Crippen LogP contribution >= 0.6 is 0 Å². The number of unbranched alkanes of at least 4 members (excludes halogenated alkanes) is 25. The highest BCUT2D eigenvalue weighted by molar-refractivity contribution is 5.71. The van der Waals surface area contributed by atoms with Crippen LogP contribution < -0.4 is 0 Å². The third-order valence-electron chi connectivity index (χ3n) is 12.8. The fraction of sp³-hybridized carbons (Fsp3) is 0.687. The molecule has 0 radical (unpaired) electrons. The van der Waals surface area contributed by atoms with Gasteiger partial charge in [-0.15, -0.1) is 0 Å². The van der Waals surface area contributed by atoms with E-state index in [-0.39, 0.29) is 37.5 Å². The maximum atomic E-state index is 12.9. The average molecular weight is 1010 g/mol. The molecule has 0 aliphatic heterocycles. The first-order valence-electron chi connectivity index (χ1n) is 30.4. The maximum Gasteiger partial charge on any atom is 0.306 e. The average Bonchev–Trinajstić information content (AvgIpc) is 3.39.